The summed E-state index contributed by atoms with van der Waals surface area (Å²) in [5.74, 6) is 3.77. The summed E-state index contributed by atoms with van der Waals surface area (Å²) in [5, 5.41) is 3.87. The van der Waals surface area contributed by atoms with E-state index in [1.165, 1.54) is 44.1 Å². The van der Waals surface area contributed by atoms with Crippen molar-refractivity contribution in [3.8, 4) is 0 Å². The zero-order valence-electron chi connectivity index (χ0n) is 13.7. The van der Waals surface area contributed by atoms with E-state index in [1.807, 2.05) is 0 Å². The van der Waals surface area contributed by atoms with Crippen LogP contribution >= 0.6 is 0 Å². The molecule has 0 spiro atoms. The summed E-state index contributed by atoms with van der Waals surface area (Å²) < 4.78 is 0. The molecule has 0 aromatic heterocycles. The Bertz CT molecular complexity index is 427. The molecule has 1 heteroatoms. The predicted molar refractivity (Wildman–Crippen MR) is 90.1 cm³/mol. The first kappa shape index (κ1) is 15.1. The summed E-state index contributed by atoms with van der Waals surface area (Å²) in [5.41, 5.74) is 1.42. The summed E-state index contributed by atoms with van der Waals surface area (Å²) in [4.78, 5) is 0. The Morgan fingerprint density at radius 2 is 1.67 bits per heavy atom. The molecule has 0 heterocycles. The highest BCUT2D eigenvalue weighted by molar-refractivity contribution is 5.14. The Morgan fingerprint density at radius 1 is 0.905 bits per heavy atom. The molecule has 1 aromatic carbocycles. The van der Waals surface area contributed by atoms with Crippen LogP contribution in [0.3, 0.4) is 0 Å². The molecule has 2 aliphatic rings. The van der Waals surface area contributed by atoms with Gasteiger partial charge in [0.15, 0.2) is 0 Å². The lowest BCUT2D eigenvalue weighted by molar-refractivity contribution is 0.132. The first-order chi connectivity index (χ1) is 10.2. The van der Waals surface area contributed by atoms with Crippen LogP contribution in [-0.4, -0.2) is 6.04 Å². The molecule has 1 N–H and O–H groups in total. The maximum absolute atomic E-state index is 3.87. The highest BCUT2D eigenvalue weighted by Crippen LogP contribution is 2.41. The fourth-order valence-corrected chi connectivity index (χ4v) is 4.75. The lowest BCUT2D eigenvalue weighted by Crippen LogP contribution is -2.40. The fourth-order valence-electron chi connectivity index (χ4n) is 4.75. The predicted octanol–water partition coefficient (Wildman–Crippen LogP) is 5.02. The second kappa shape index (κ2) is 6.96. The van der Waals surface area contributed by atoms with Gasteiger partial charge in [0.1, 0.15) is 0 Å². The van der Waals surface area contributed by atoms with Crippen LogP contribution in [0.4, 0.5) is 0 Å². The summed E-state index contributed by atoms with van der Waals surface area (Å²) >= 11 is 0. The molecule has 2 fully saturated rings. The third kappa shape index (κ3) is 4.10. The Labute approximate surface area is 130 Å². The van der Waals surface area contributed by atoms with E-state index >= 15 is 0 Å². The van der Waals surface area contributed by atoms with Crippen LogP contribution in [0.5, 0.6) is 0 Å². The first-order valence-corrected chi connectivity index (χ1v) is 8.98. The van der Waals surface area contributed by atoms with Crippen LogP contribution in [0.25, 0.3) is 0 Å². The molecular formula is C20H31N. The van der Waals surface area contributed by atoms with Crippen molar-refractivity contribution in [2.24, 2.45) is 23.7 Å². The minimum atomic E-state index is 0.710. The van der Waals surface area contributed by atoms with E-state index < -0.39 is 0 Å². The van der Waals surface area contributed by atoms with Crippen LogP contribution in [0.2, 0.25) is 0 Å². The maximum atomic E-state index is 3.87. The second-order valence-corrected chi connectivity index (χ2v) is 7.81. The number of fused-ring (bicyclic) bond motifs is 2. The molecule has 2 saturated carbocycles. The molecule has 2 bridgehead atoms. The Morgan fingerprint density at radius 3 is 2.48 bits per heavy atom. The van der Waals surface area contributed by atoms with E-state index in [-0.39, 0.29) is 0 Å². The van der Waals surface area contributed by atoms with Crippen LogP contribution < -0.4 is 5.32 Å². The standard InChI is InChI=1S/C20H31N/c1-15-10-18-9-8-16(2)20(13-19(11-15)12-18)21-14-17-6-4-3-5-7-17/h3-7,15-16,18-21H,8-14H2,1-2H3. The zero-order chi connectivity index (χ0) is 14.7. The number of nitrogens with one attached hydrogen (secondary N) is 1. The summed E-state index contributed by atoms with van der Waals surface area (Å²) in [6.07, 6.45) is 8.73. The van der Waals surface area contributed by atoms with Crippen molar-refractivity contribution in [1.82, 2.24) is 5.32 Å². The highest BCUT2D eigenvalue weighted by Gasteiger charge is 2.32. The number of hydrogen-bond acceptors (Lipinski definition) is 1. The van der Waals surface area contributed by atoms with Crippen molar-refractivity contribution < 1.29 is 0 Å². The first-order valence-electron chi connectivity index (χ1n) is 8.98. The summed E-state index contributed by atoms with van der Waals surface area (Å²) in [6, 6.07) is 11.6. The number of rotatable bonds is 3. The SMILES string of the molecule is CC1CC2CCC(C)C(NCc3ccccc3)CC(C1)C2. The van der Waals surface area contributed by atoms with Gasteiger partial charge >= 0.3 is 0 Å². The van der Waals surface area contributed by atoms with Gasteiger partial charge in [-0.25, -0.2) is 0 Å². The van der Waals surface area contributed by atoms with Crippen LogP contribution in [0, 0.1) is 23.7 Å². The molecule has 0 radical (unpaired) electrons. The smallest absolute Gasteiger partial charge is 0.0208 e. The van der Waals surface area contributed by atoms with E-state index in [0.717, 1.165) is 30.2 Å². The molecule has 0 aliphatic heterocycles. The van der Waals surface area contributed by atoms with Crippen molar-refractivity contribution in [3.63, 3.8) is 0 Å². The van der Waals surface area contributed by atoms with E-state index in [9.17, 15) is 0 Å². The van der Waals surface area contributed by atoms with Crippen LogP contribution in [-0.2, 0) is 6.54 Å². The molecule has 1 aromatic rings. The minimum absolute atomic E-state index is 0.710. The lowest BCUT2D eigenvalue weighted by atomic mass is 9.68. The number of benzene rings is 1. The van der Waals surface area contributed by atoms with Gasteiger partial charge in [-0.05, 0) is 61.3 Å². The lowest BCUT2D eigenvalue weighted by Gasteiger charge is -2.40. The van der Waals surface area contributed by atoms with Gasteiger partial charge in [0, 0.05) is 12.6 Å². The molecule has 21 heavy (non-hydrogen) atoms. The molecule has 116 valence electrons. The minimum Gasteiger partial charge on any atom is -0.310 e. The molecule has 0 amide bonds. The van der Waals surface area contributed by atoms with Gasteiger partial charge in [-0.3, -0.25) is 0 Å². The van der Waals surface area contributed by atoms with Gasteiger partial charge in [-0.2, -0.15) is 0 Å². The van der Waals surface area contributed by atoms with Crippen molar-refractivity contribution in [2.45, 2.75) is 65.0 Å². The molecule has 5 unspecified atom stereocenters. The van der Waals surface area contributed by atoms with Crippen molar-refractivity contribution >= 4 is 0 Å². The fraction of sp³-hybridized carbons (Fsp3) is 0.700. The highest BCUT2D eigenvalue weighted by atomic mass is 14.9. The maximum Gasteiger partial charge on any atom is 0.0208 e. The molecule has 1 nitrogen and oxygen atoms in total. The topological polar surface area (TPSA) is 12.0 Å². The van der Waals surface area contributed by atoms with Gasteiger partial charge < -0.3 is 5.32 Å². The molecule has 5 atom stereocenters. The van der Waals surface area contributed by atoms with Gasteiger partial charge in [-0.15, -0.1) is 0 Å². The largest absolute Gasteiger partial charge is 0.310 e. The zero-order valence-corrected chi connectivity index (χ0v) is 13.7. The van der Waals surface area contributed by atoms with E-state index in [1.54, 1.807) is 0 Å². The number of hydrogen-bond donors (Lipinski definition) is 1. The monoisotopic (exact) mass is 285 g/mol. The van der Waals surface area contributed by atoms with E-state index in [4.69, 9.17) is 0 Å². The average molecular weight is 285 g/mol. The molecular weight excluding hydrogens is 254 g/mol. The van der Waals surface area contributed by atoms with Crippen molar-refractivity contribution in [1.29, 1.82) is 0 Å². The second-order valence-electron chi connectivity index (χ2n) is 7.81. The van der Waals surface area contributed by atoms with E-state index in [2.05, 4.69) is 49.5 Å². The Kier molecular flexibility index (Phi) is 5.00. The summed E-state index contributed by atoms with van der Waals surface area (Å²) in [7, 11) is 0. The van der Waals surface area contributed by atoms with Crippen LogP contribution in [0.15, 0.2) is 30.3 Å². The third-order valence-corrected chi connectivity index (χ3v) is 5.85. The average Bonchev–Trinajstić information content (AvgIpc) is 2.48. The molecule has 2 aliphatic carbocycles. The van der Waals surface area contributed by atoms with Gasteiger partial charge in [0.05, 0.1) is 0 Å². The third-order valence-electron chi connectivity index (χ3n) is 5.85. The van der Waals surface area contributed by atoms with Crippen LogP contribution in [0.1, 0.15) is 57.9 Å². The van der Waals surface area contributed by atoms with Crippen molar-refractivity contribution in [2.75, 3.05) is 0 Å². The van der Waals surface area contributed by atoms with Gasteiger partial charge in [0.25, 0.3) is 0 Å². The van der Waals surface area contributed by atoms with Gasteiger partial charge in [-0.1, -0.05) is 50.6 Å². The Hall–Kier alpha value is -0.820. The van der Waals surface area contributed by atoms with E-state index in [0.29, 0.717) is 6.04 Å². The van der Waals surface area contributed by atoms with Crippen molar-refractivity contribution in [3.05, 3.63) is 35.9 Å². The molecule has 3 rings (SSSR count). The quantitative estimate of drug-likeness (QED) is 0.822. The van der Waals surface area contributed by atoms with Gasteiger partial charge in [0.2, 0.25) is 0 Å². The normalized spacial score (nSPS) is 36.8. The molecule has 0 saturated heterocycles. The Balaban J connectivity index is 1.60. The summed E-state index contributed by atoms with van der Waals surface area (Å²) in [6.45, 7) is 5.96.